The second-order valence-electron chi connectivity index (χ2n) is 13.1. The molecule has 3 heterocycles. The highest BCUT2D eigenvalue weighted by atomic mass is 15.2. The number of hydrogen-bond acceptors (Lipinski definition) is 3. The molecular weight excluding hydrogens is 635 g/mol. The number of aromatic nitrogens is 4. The van der Waals surface area contributed by atoms with Gasteiger partial charge >= 0.3 is 0 Å². The lowest BCUT2D eigenvalue weighted by atomic mass is 10.00. The Labute approximate surface area is 301 Å². The molecule has 246 valence electrons. The van der Waals surface area contributed by atoms with Gasteiger partial charge in [-0.1, -0.05) is 146 Å². The number of anilines is 2. The summed E-state index contributed by atoms with van der Waals surface area (Å²) in [7, 11) is 2.14. The summed E-state index contributed by atoms with van der Waals surface area (Å²) < 4.78 is 4.67. The summed E-state index contributed by atoms with van der Waals surface area (Å²) in [5.74, 6) is 2.27. The minimum Gasteiger partial charge on any atom is -0.327 e. The second-order valence-corrected chi connectivity index (χ2v) is 13.1. The van der Waals surface area contributed by atoms with Gasteiger partial charge in [0.25, 0.3) is 0 Å². The Morgan fingerprint density at radius 3 is 1.56 bits per heavy atom. The van der Waals surface area contributed by atoms with E-state index in [1.807, 2.05) is 18.2 Å². The fourth-order valence-corrected chi connectivity index (χ4v) is 7.78. The van der Waals surface area contributed by atoms with E-state index in [-0.39, 0.29) is 0 Å². The smallest absolute Gasteiger partial charge is 0.163 e. The summed E-state index contributed by atoms with van der Waals surface area (Å²) in [6.45, 7) is 0. The molecule has 3 aromatic heterocycles. The van der Waals surface area contributed by atoms with Crippen molar-refractivity contribution in [2.24, 2.45) is 0 Å². The van der Waals surface area contributed by atoms with E-state index in [9.17, 15) is 0 Å². The lowest BCUT2D eigenvalue weighted by Gasteiger charge is -2.25. The summed E-state index contributed by atoms with van der Waals surface area (Å²) in [5.41, 5.74) is 9.86. The molecule has 52 heavy (non-hydrogen) atoms. The zero-order valence-electron chi connectivity index (χ0n) is 28.6. The van der Waals surface area contributed by atoms with E-state index >= 15 is 0 Å². The number of hydrogen-bond donors (Lipinski definition) is 0. The van der Waals surface area contributed by atoms with Crippen LogP contribution in [0, 0.1) is 0 Å². The van der Waals surface area contributed by atoms with Gasteiger partial charge in [0.1, 0.15) is 11.6 Å². The maximum Gasteiger partial charge on any atom is 0.163 e. The van der Waals surface area contributed by atoms with Crippen LogP contribution in [-0.2, 0) is 0 Å². The first-order chi connectivity index (χ1) is 25.7. The Hall–Kier alpha value is -6.98. The van der Waals surface area contributed by atoms with Crippen molar-refractivity contribution < 1.29 is 0 Å². The molecule has 5 nitrogen and oxygen atoms in total. The summed E-state index contributed by atoms with van der Waals surface area (Å²) in [6, 6.07) is 64.1. The van der Waals surface area contributed by atoms with Gasteiger partial charge in [-0.25, -0.2) is 9.97 Å². The minimum absolute atomic E-state index is 0.666. The maximum atomic E-state index is 5.34. The average molecular weight is 668 g/mol. The predicted molar refractivity (Wildman–Crippen MR) is 216 cm³/mol. The third kappa shape index (κ3) is 4.71. The van der Waals surface area contributed by atoms with Crippen molar-refractivity contribution in [2.45, 2.75) is 0 Å². The Kier molecular flexibility index (Phi) is 6.96. The largest absolute Gasteiger partial charge is 0.327 e. The summed E-state index contributed by atoms with van der Waals surface area (Å²) in [6.07, 6.45) is 0. The molecule has 10 aromatic rings. The molecule has 0 aliphatic rings. The monoisotopic (exact) mass is 667 g/mol. The summed E-state index contributed by atoms with van der Waals surface area (Å²) in [5, 5.41) is 4.77. The lowest BCUT2D eigenvalue weighted by molar-refractivity contribution is 1.02. The fraction of sp³-hybridized carbons (Fsp3) is 0.0213. The van der Waals surface area contributed by atoms with Gasteiger partial charge in [0.05, 0.1) is 27.8 Å². The quantitative estimate of drug-likeness (QED) is 0.177. The van der Waals surface area contributed by atoms with Gasteiger partial charge in [-0.3, -0.25) is 4.57 Å². The van der Waals surface area contributed by atoms with E-state index in [2.05, 4.69) is 185 Å². The maximum absolute atomic E-state index is 5.34. The van der Waals surface area contributed by atoms with Gasteiger partial charge in [-0.05, 0) is 35.9 Å². The van der Waals surface area contributed by atoms with E-state index in [1.54, 1.807) is 0 Å². The minimum atomic E-state index is 0.666. The van der Waals surface area contributed by atoms with Crippen LogP contribution >= 0.6 is 0 Å². The number of para-hydroxylation sites is 4. The molecule has 0 fully saturated rings. The third-order valence-corrected chi connectivity index (χ3v) is 10.1. The summed E-state index contributed by atoms with van der Waals surface area (Å²) >= 11 is 0. The van der Waals surface area contributed by atoms with Crippen LogP contribution in [0.2, 0.25) is 0 Å². The molecule has 0 N–H and O–H groups in total. The van der Waals surface area contributed by atoms with Crippen LogP contribution in [0.5, 0.6) is 0 Å². The molecule has 0 amide bonds. The SMILES string of the molecule is CN(c1cc(-n2c3ccccc3c3ccccc32)nc(-c2ccccc2)n1)c1c(-c2ccccc2)ccc2c3ccccc3n(-c3ccccc3)c12. The van der Waals surface area contributed by atoms with Gasteiger partial charge in [0.2, 0.25) is 0 Å². The van der Waals surface area contributed by atoms with Crippen molar-refractivity contribution in [3.63, 3.8) is 0 Å². The average Bonchev–Trinajstić information content (AvgIpc) is 3.74. The van der Waals surface area contributed by atoms with E-state index in [4.69, 9.17) is 9.97 Å². The molecule has 0 saturated heterocycles. The highest BCUT2D eigenvalue weighted by molar-refractivity contribution is 6.16. The molecule has 10 rings (SSSR count). The van der Waals surface area contributed by atoms with Crippen molar-refractivity contribution in [1.82, 2.24) is 19.1 Å². The van der Waals surface area contributed by atoms with Crippen LogP contribution in [0.25, 0.3) is 77.6 Å². The van der Waals surface area contributed by atoms with Crippen molar-refractivity contribution in [3.8, 4) is 34.0 Å². The van der Waals surface area contributed by atoms with E-state index in [0.29, 0.717) is 5.82 Å². The Morgan fingerprint density at radius 1 is 0.442 bits per heavy atom. The van der Waals surface area contributed by atoms with Gasteiger partial charge < -0.3 is 9.47 Å². The van der Waals surface area contributed by atoms with Crippen LogP contribution in [0.15, 0.2) is 182 Å². The highest BCUT2D eigenvalue weighted by Crippen LogP contribution is 2.45. The topological polar surface area (TPSA) is 38.9 Å². The van der Waals surface area contributed by atoms with Gasteiger partial charge in [0.15, 0.2) is 5.82 Å². The first-order valence-corrected chi connectivity index (χ1v) is 17.6. The Balaban J connectivity index is 1.31. The van der Waals surface area contributed by atoms with Crippen LogP contribution in [-0.4, -0.2) is 26.1 Å². The zero-order valence-corrected chi connectivity index (χ0v) is 28.6. The standard InChI is InChI=1S/C47H33N5/c1-50(43-31-44(49-47(48-43)33-19-7-3-8-20-33)52-41-27-15-11-23-36(41)37-24-12-16-28-42(37)52)45-35(32-17-5-2-6-18-32)29-30-39-38-25-13-14-26-40(38)51(46(39)45)34-21-9-4-10-22-34/h2-31H,1H3. The van der Waals surface area contributed by atoms with Crippen molar-refractivity contribution in [2.75, 3.05) is 11.9 Å². The van der Waals surface area contributed by atoms with Crippen LogP contribution < -0.4 is 4.90 Å². The molecule has 5 heteroatoms. The Bertz CT molecular complexity index is 2850. The second kappa shape index (κ2) is 12.1. The van der Waals surface area contributed by atoms with Crippen molar-refractivity contribution in [1.29, 1.82) is 0 Å². The molecular formula is C47H33N5. The van der Waals surface area contributed by atoms with Crippen LogP contribution in [0.1, 0.15) is 0 Å². The van der Waals surface area contributed by atoms with E-state index in [1.165, 1.54) is 21.5 Å². The number of rotatable bonds is 6. The predicted octanol–water partition coefficient (Wildman–Crippen LogP) is 11.8. The molecule has 0 radical (unpaired) electrons. The Morgan fingerprint density at radius 2 is 0.942 bits per heavy atom. The third-order valence-electron chi connectivity index (χ3n) is 10.1. The molecule has 0 aliphatic carbocycles. The van der Waals surface area contributed by atoms with Gasteiger partial charge in [0, 0.05) is 51.5 Å². The summed E-state index contributed by atoms with van der Waals surface area (Å²) in [4.78, 5) is 12.9. The highest BCUT2D eigenvalue weighted by Gasteiger charge is 2.24. The fourth-order valence-electron chi connectivity index (χ4n) is 7.78. The molecule has 0 bridgehead atoms. The number of benzene rings is 7. The van der Waals surface area contributed by atoms with E-state index < -0.39 is 0 Å². The number of nitrogens with zero attached hydrogens (tertiary/aromatic N) is 5. The molecule has 0 saturated carbocycles. The molecule has 0 aliphatic heterocycles. The molecule has 7 aromatic carbocycles. The van der Waals surface area contributed by atoms with Gasteiger partial charge in [-0.15, -0.1) is 0 Å². The molecule has 0 atom stereocenters. The van der Waals surface area contributed by atoms with Crippen molar-refractivity contribution >= 4 is 55.1 Å². The molecule has 0 spiro atoms. The van der Waals surface area contributed by atoms with Gasteiger partial charge in [-0.2, -0.15) is 0 Å². The lowest BCUT2D eigenvalue weighted by Crippen LogP contribution is -2.16. The van der Waals surface area contributed by atoms with Crippen LogP contribution in [0.4, 0.5) is 11.5 Å². The van der Waals surface area contributed by atoms with Crippen LogP contribution in [0.3, 0.4) is 0 Å². The normalized spacial score (nSPS) is 11.6. The number of fused-ring (bicyclic) bond motifs is 6. The molecule has 0 unspecified atom stereocenters. The zero-order chi connectivity index (χ0) is 34.6. The first-order valence-electron chi connectivity index (χ1n) is 17.6. The van der Waals surface area contributed by atoms with E-state index in [0.717, 1.165) is 61.8 Å². The van der Waals surface area contributed by atoms with Crippen molar-refractivity contribution in [3.05, 3.63) is 182 Å². The first kappa shape index (κ1) is 29.9.